The molecule has 5 heteroatoms. The van der Waals surface area contributed by atoms with Crippen LogP contribution in [0.4, 0.5) is 0 Å². The molecular formula is C39H21N5. The standard InChI is InChI=1S/C39H21N5/c40-22-25-12-18-36-32(20-25)30-7-1-3-9-34(30)43(36)29-16-14-27(15-17-29)39-28(24-42)6-5-11-38(39)44-35-10-4-2-8-31(35)33-21-26(23-41)13-19-37(33)44/h1-21H. The van der Waals surface area contributed by atoms with Crippen molar-refractivity contribution < 1.29 is 0 Å². The van der Waals surface area contributed by atoms with Crippen molar-refractivity contribution in [2.24, 2.45) is 0 Å². The van der Waals surface area contributed by atoms with Gasteiger partial charge in [-0.2, -0.15) is 15.8 Å². The smallest absolute Gasteiger partial charge is 0.0998 e. The van der Waals surface area contributed by atoms with Crippen LogP contribution in [0.5, 0.6) is 0 Å². The molecule has 5 nitrogen and oxygen atoms in total. The van der Waals surface area contributed by atoms with Crippen LogP contribution in [0.25, 0.3) is 66.1 Å². The molecule has 0 atom stereocenters. The lowest BCUT2D eigenvalue weighted by Gasteiger charge is -2.16. The summed E-state index contributed by atoms with van der Waals surface area (Å²) in [7, 11) is 0. The van der Waals surface area contributed by atoms with E-state index in [1.165, 1.54) is 0 Å². The zero-order valence-electron chi connectivity index (χ0n) is 23.4. The summed E-state index contributed by atoms with van der Waals surface area (Å²) in [4.78, 5) is 0. The Balaban J connectivity index is 1.35. The zero-order valence-corrected chi connectivity index (χ0v) is 23.4. The summed E-state index contributed by atoms with van der Waals surface area (Å²) in [6.07, 6.45) is 0. The van der Waals surface area contributed by atoms with Crippen molar-refractivity contribution >= 4 is 43.6 Å². The maximum Gasteiger partial charge on any atom is 0.0998 e. The summed E-state index contributed by atoms with van der Waals surface area (Å²) in [5.41, 5.74) is 9.53. The second-order valence-electron chi connectivity index (χ2n) is 10.8. The van der Waals surface area contributed by atoms with Gasteiger partial charge in [0.2, 0.25) is 0 Å². The Morgan fingerprint density at radius 3 is 1.57 bits per heavy atom. The van der Waals surface area contributed by atoms with Crippen molar-refractivity contribution in [1.82, 2.24) is 9.13 Å². The second-order valence-corrected chi connectivity index (χ2v) is 10.8. The first-order chi connectivity index (χ1) is 21.7. The molecule has 0 spiro atoms. The quantitative estimate of drug-likeness (QED) is 0.216. The second kappa shape index (κ2) is 9.74. The largest absolute Gasteiger partial charge is 0.309 e. The number of benzene rings is 6. The number of nitriles is 3. The number of hydrogen-bond acceptors (Lipinski definition) is 3. The normalized spacial score (nSPS) is 11.1. The monoisotopic (exact) mass is 559 g/mol. The molecular weight excluding hydrogens is 538 g/mol. The molecule has 202 valence electrons. The summed E-state index contributed by atoms with van der Waals surface area (Å²) >= 11 is 0. The molecule has 0 unspecified atom stereocenters. The summed E-state index contributed by atoms with van der Waals surface area (Å²) in [5.74, 6) is 0. The van der Waals surface area contributed by atoms with Crippen molar-refractivity contribution in [3.05, 3.63) is 144 Å². The fourth-order valence-electron chi connectivity index (χ4n) is 6.52. The van der Waals surface area contributed by atoms with Crippen molar-refractivity contribution in [2.75, 3.05) is 0 Å². The number of para-hydroxylation sites is 2. The van der Waals surface area contributed by atoms with Crippen LogP contribution in [0.1, 0.15) is 16.7 Å². The van der Waals surface area contributed by atoms with Crippen LogP contribution in [0, 0.1) is 34.0 Å². The van der Waals surface area contributed by atoms with Gasteiger partial charge in [-0.05, 0) is 78.4 Å². The molecule has 8 aromatic rings. The van der Waals surface area contributed by atoms with E-state index in [9.17, 15) is 15.8 Å². The molecule has 8 rings (SSSR count). The molecule has 0 radical (unpaired) electrons. The first-order valence-corrected chi connectivity index (χ1v) is 14.2. The lowest BCUT2D eigenvalue weighted by Crippen LogP contribution is -2.00. The van der Waals surface area contributed by atoms with Crippen LogP contribution in [-0.4, -0.2) is 9.13 Å². The SMILES string of the molecule is N#Cc1ccc2c(c1)c1ccccc1n2-c1ccc(-c2c(C#N)cccc2-n2c3ccccc3c3cc(C#N)ccc32)cc1. The van der Waals surface area contributed by atoms with Crippen molar-refractivity contribution in [2.45, 2.75) is 0 Å². The lowest BCUT2D eigenvalue weighted by molar-refractivity contribution is 1.17. The van der Waals surface area contributed by atoms with Crippen LogP contribution in [-0.2, 0) is 0 Å². The predicted octanol–water partition coefficient (Wildman–Crippen LogP) is 9.16. The fourth-order valence-corrected chi connectivity index (χ4v) is 6.52. The molecule has 6 aromatic carbocycles. The van der Waals surface area contributed by atoms with Gasteiger partial charge in [-0.1, -0.05) is 54.6 Å². The van der Waals surface area contributed by atoms with Gasteiger partial charge in [0, 0.05) is 32.8 Å². The third-order valence-electron chi connectivity index (χ3n) is 8.42. The first-order valence-electron chi connectivity index (χ1n) is 14.2. The Morgan fingerprint density at radius 1 is 0.432 bits per heavy atom. The van der Waals surface area contributed by atoms with E-state index in [0.29, 0.717) is 16.7 Å². The molecule has 44 heavy (non-hydrogen) atoms. The fraction of sp³-hybridized carbons (Fsp3) is 0. The highest BCUT2D eigenvalue weighted by Crippen LogP contribution is 2.39. The van der Waals surface area contributed by atoms with E-state index < -0.39 is 0 Å². The number of fused-ring (bicyclic) bond motifs is 6. The Hall–Kier alpha value is -6.61. The van der Waals surface area contributed by atoms with Crippen LogP contribution in [0.15, 0.2) is 127 Å². The number of nitrogens with zero attached hydrogens (tertiary/aromatic N) is 5. The minimum Gasteiger partial charge on any atom is -0.309 e. The Morgan fingerprint density at radius 2 is 0.977 bits per heavy atom. The summed E-state index contributed by atoms with van der Waals surface area (Å²) in [6.45, 7) is 0. The molecule has 0 N–H and O–H groups in total. The van der Waals surface area contributed by atoms with Gasteiger partial charge in [0.05, 0.1) is 62.7 Å². The van der Waals surface area contributed by atoms with E-state index in [-0.39, 0.29) is 0 Å². The molecule has 2 aromatic heterocycles. The average Bonchev–Trinajstić information content (AvgIpc) is 3.60. The number of hydrogen-bond donors (Lipinski definition) is 0. The van der Waals surface area contributed by atoms with E-state index in [0.717, 1.165) is 66.1 Å². The Kier molecular flexibility index (Phi) is 5.56. The first kappa shape index (κ1) is 25.1. The Bertz CT molecular complexity index is 2580. The maximum atomic E-state index is 10.3. The van der Waals surface area contributed by atoms with Gasteiger partial charge in [0.1, 0.15) is 0 Å². The van der Waals surface area contributed by atoms with Gasteiger partial charge in [-0.25, -0.2) is 0 Å². The molecule has 0 aliphatic heterocycles. The molecule has 0 aliphatic rings. The van der Waals surface area contributed by atoms with Gasteiger partial charge in [0.25, 0.3) is 0 Å². The molecule has 0 aliphatic carbocycles. The van der Waals surface area contributed by atoms with E-state index in [2.05, 4.69) is 75.9 Å². The van der Waals surface area contributed by atoms with Gasteiger partial charge in [0.15, 0.2) is 0 Å². The van der Waals surface area contributed by atoms with Crippen molar-refractivity contribution in [3.8, 4) is 40.7 Å². The molecule has 0 amide bonds. The molecule has 0 bridgehead atoms. The van der Waals surface area contributed by atoms with Crippen LogP contribution >= 0.6 is 0 Å². The molecule has 2 heterocycles. The molecule has 0 saturated carbocycles. The van der Waals surface area contributed by atoms with Crippen LogP contribution < -0.4 is 0 Å². The van der Waals surface area contributed by atoms with Crippen molar-refractivity contribution in [3.63, 3.8) is 0 Å². The summed E-state index contributed by atoms with van der Waals surface area (Å²) in [6, 6.07) is 49.0. The van der Waals surface area contributed by atoms with E-state index >= 15 is 0 Å². The Labute approximate surface area is 252 Å². The van der Waals surface area contributed by atoms with E-state index in [1.807, 2.05) is 78.9 Å². The lowest BCUT2D eigenvalue weighted by atomic mass is 9.97. The number of aromatic nitrogens is 2. The van der Waals surface area contributed by atoms with E-state index in [1.54, 1.807) is 0 Å². The van der Waals surface area contributed by atoms with Crippen molar-refractivity contribution in [1.29, 1.82) is 15.8 Å². The van der Waals surface area contributed by atoms with Gasteiger partial charge >= 0.3 is 0 Å². The van der Waals surface area contributed by atoms with Gasteiger partial charge in [-0.15, -0.1) is 0 Å². The number of rotatable bonds is 3. The maximum absolute atomic E-state index is 10.3. The topological polar surface area (TPSA) is 81.2 Å². The predicted molar refractivity (Wildman–Crippen MR) is 175 cm³/mol. The van der Waals surface area contributed by atoms with E-state index in [4.69, 9.17) is 0 Å². The average molecular weight is 560 g/mol. The summed E-state index contributed by atoms with van der Waals surface area (Å²) in [5, 5.41) is 33.5. The molecule has 0 saturated heterocycles. The summed E-state index contributed by atoms with van der Waals surface area (Å²) < 4.78 is 4.40. The minimum atomic E-state index is 0.579. The highest BCUT2D eigenvalue weighted by atomic mass is 15.0. The third kappa shape index (κ3) is 3.63. The van der Waals surface area contributed by atoms with Crippen LogP contribution in [0.3, 0.4) is 0 Å². The molecule has 0 fully saturated rings. The van der Waals surface area contributed by atoms with Gasteiger partial charge in [-0.3, -0.25) is 0 Å². The van der Waals surface area contributed by atoms with Gasteiger partial charge < -0.3 is 9.13 Å². The van der Waals surface area contributed by atoms with Crippen LogP contribution in [0.2, 0.25) is 0 Å². The third-order valence-corrected chi connectivity index (χ3v) is 8.42. The minimum absolute atomic E-state index is 0.579. The highest BCUT2D eigenvalue weighted by Gasteiger charge is 2.19. The highest BCUT2D eigenvalue weighted by molar-refractivity contribution is 6.11. The zero-order chi connectivity index (χ0) is 29.8.